The normalized spacial score (nSPS) is 44.0. The molecule has 0 radical (unpaired) electrons. The second-order valence-electron chi connectivity index (χ2n) is 9.38. The third-order valence-electron chi connectivity index (χ3n) is 8.23. The number of hydrogen-bond acceptors (Lipinski definition) is 3. The zero-order chi connectivity index (χ0) is 17.9. The molecule has 0 aliphatic heterocycles. The average Bonchev–Trinajstić information content (AvgIpc) is 2.61. The summed E-state index contributed by atoms with van der Waals surface area (Å²) < 4.78 is 6.14. The molecule has 3 aliphatic rings. The molecule has 3 saturated carbocycles. The van der Waals surface area contributed by atoms with Crippen LogP contribution in [0.5, 0.6) is 0 Å². The van der Waals surface area contributed by atoms with E-state index in [1.165, 1.54) is 44.9 Å². The summed E-state index contributed by atoms with van der Waals surface area (Å²) in [6.07, 6.45) is 12.9. The zero-order valence-electron chi connectivity index (χ0n) is 16.6. The van der Waals surface area contributed by atoms with Crippen molar-refractivity contribution >= 4 is 6.29 Å². The molecule has 0 heterocycles. The van der Waals surface area contributed by atoms with Crippen LogP contribution in [0.3, 0.4) is 0 Å². The van der Waals surface area contributed by atoms with E-state index in [-0.39, 0.29) is 0 Å². The van der Waals surface area contributed by atoms with Gasteiger partial charge in [0.2, 0.25) is 0 Å². The number of ether oxygens (including phenoxy) is 1. The van der Waals surface area contributed by atoms with E-state index in [1.807, 2.05) is 7.05 Å². The summed E-state index contributed by atoms with van der Waals surface area (Å²) >= 11 is 0. The maximum Gasteiger partial charge on any atom is 0.120 e. The SMILES string of the molecule is CNCCO[C@H]1CC[C@@]2(C)C(CCC3C(CCC=O)[C@H](C)CCC32)C1. The molecule has 0 spiro atoms. The molecule has 3 heteroatoms. The average molecular weight is 350 g/mol. The predicted molar refractivity (Wildman–Crippen MR) is 103 cm³/mol. The van der Waals surface area contributed by atoms with Gasteiger partial charge in [0.1, 0.15) is 6.29 Å². The lowest BCUT2D eigenvalue weighted by molar-refractivity contribution is -0.122. The largest absolute Gasteiger partial charge is 0.377 e. The zero-order valence-corrected chi connectivity index (χ0v) is 16.6. The Hall–Kier alpha value is -0.410. The lowest BCUT2D eigenvalue weighted by atomic mass is 9.46. The fraction of sp³-hybridized carbons (Fsp3) is 0.955. The molecule has 1 N–H and O–H groups in total. The first-order chi connectivity index (χ1) is 12.1. The molecule has 0 amide bonds. The summed E-state index contributed by atoms with van der Waals surface area (Å²) in [5.74, 6) is 4.19. The van der Waals surface area contributed by atoms with Crippen LogP contribution >= 0.6 is 0 Å². The molecular formula is C22H39NO2. The minimum atomic E-state index is 0.483. The number of rotatable bonds is 7. The highest BCUT2D eigenvalue weighted by atomic mass is 16.5. The van der Waals surface area contributed by atoms with Gasteiger partial charge in [-0.3, -0.25) is 0 Å². The van der Waals surface area contributed by atoms with E-state index in [1.54, 1.807) is 0 Å². The van der Waals surface area contributed by atoms with Crippen LogP contribution in [0.1, 0.15) is 71.6 Å². The minimum absolute atomic E-state index is 0.483. The van der Waals surface area contributed by atoms with Gasteiger partial charge in [0, 0.05) is 13.0 Å². The van der Waals surface area contributed by atoms with Crippen LogP contribution in [0.25, 0.3) is 0 Å². The van der Waals surface area contributed by atoms with E-state index < -0.39 is 0 Å². The molecule has 0 aromatic rings. The van der Waals surface area contributed by atoms with Crippen LogP contribution in [0.15, 0.2) is 0 Å². The Labute approximate surface area is 154 Å². The third kappa shape index (κ3) is 3.98. The van der Waals surface area contributed by atoms with Gasteiger partial charge in [-0.05, 0) is 87.0 Å². The topological polar surface area (TPSA) is 38.3 Å². The fourth-order valence-electron chi connectivity index (χ4n) is 6.77. The van der Waals surface area contributed by atoms with Crippen molar-refractivity contribution in [3.05, 3.63) is 0 Å². The van der Waals surface area contributed by atoms with Gasteiger partial charge in [-0.1, -0.05) is 20.3 Å². The monoisotopic (exact) mass is 349 g/mol. The maximum absolute atomic E-state index is 10.9. The number of likely N-dealkylation sites (N-methyl/N-ethyl adjacent to an activating group) is 1. The summed E-state index contributed by atoms with van der Waals surface area (Å²) in [6.45, 7) is 6.85. The Kier molecular flexibility index (Phi) is 6.60. The van der Waals surface area contributed by atoms with Gasteiger partial charge in [0.25, 0.3) is 0 Å². The van der Waals surface area contributed by atoms with Crippen molar-refractivity contribution < 1.29 is 9.53 Å². The number of hydrogen-bond donors (Lipinski definition) is 1. The van der Waals surface area contributed by atoms with E-state index in [0.29, 0.717) is 11.5 Å². The molecule has 7 atom stereocenters. The summed E-state index contributed by atoms with van der Waals surface area (Å²) in [5, 5.41) is 3.18. The van der Waals surface area contributed by atoms with Crippen molar-refractivity contribution in [2.45, 2.75) is 77.7 Å². The predicted octanol–water partition coefficient (Wildman–Crippen LogP) is 4.45. The van der Waals surface area contributed by atoms with Crippen molar-refractivity contribution in [1.29, 1.82) is 0 Å². The first-order valence-corrected chi connectivity index (χ1v) is 10.8. The van der Waals surface area contributed by atoms with Crippen LogP contribution in [0.4, 0.5) is 0 Å². The molecule has 144 valence electrons. The van der Waals surface area contributed by atoms with Crippen LogP contribution in [0.2, 0.25) is 0 Å². The highest BCUT2D eigenvalue weighted by molar-refractivity contribution is 5.49. The van der Waals surface area contributed by atoms with E-state index in [9.17, 15) is 4.79 Å². The van der Waals surface area contributed by atoms with Crippen molar-refractivity contribution in [3.8, 4) is 0 Å². The van der Waals surface area contributed by atoms with Gasteiger partial charge in [-0.2, -0.15) is 0 Å². The highest BCUT2D eigenvalue weighted by Crippen LogP contribution is 2.61. The molecule has 0 bridgehead atoms. The van der Waals surface area contributed by atoms with Crippen molar-refractivity contribution in [2.24, 2.45) is 35.0 Å². The summed E-state index contributed by atoms with van der Waals surface area (Å²) in [4.78, 5) is 10.9. The Morgan fingerprint density at radius 1 is 1.20 bits per heavy atom. The lowest BCUT2D eigenvalue weighted by Crippen LogP contribution is -2.52. The molecule has 3 aliphatic carbocycles. The van der Waals surface area contributed by atoms with Gasteiger partial charge in [-0.15, -0.1) is 0 Å². The van der Waals surface area contributed by atoms with Crippen LogP contribution in [0, 0.1) is 35.0 Å². The second kappa shape index (κ2) is 8.52. The molecule has 3 nitrogen and oxygen atoms in total. The van der Waals surface area contributed by atoms with Crippen LogP contribution < -0.4 is 5.32 Å². The molecule has 3 rings (SSSR count). The standard InChI is InChI=1S/C22H39NO2/c1-16-6-9-21-20(19(16)5-4-13-24)8-7-17-15-18(25-14-12-23-3)10-11-22(17,21)2/h13,16-21,23H,4-12,14-15H2,1-3H3/t16-,17?,18+,19?,20?,21?,22+/m1/s1. The highest BCUT2D eigenvalue weighted by Gasteiger charge is 2.53. The lowest BCUT2D eigenvalue weighted by Gasteiger charge is -2.59. The molecule has 25 heavy (non-hydrogen) atoms. The van der Waals surface area contributed by atoms with E-state index in [4.69, 9.17) is 4.74 Å². The first-order valence-electron chi connectivity index (χ1n) is 10.8. The maximum atomic E-state index is 10.9. The van der Waals surface area contributed by atoms with Gasteiger partial charge in [-0.25, -0.2) is 0 Å². The fourth-order valence-corrected chi connectivity index (χ4v) is 6.77. The molecule has 0 aromatic heterocycles. The Balaban J connectivity index is 1.65. The van der Waals surface area contributed by atoms with Crippen molar-refractivity contribution in [1.82, 2.24) is 5.32 Å². The number of aldehydes is 1. The summed E-state index contributed by atoms with van der Waals surface area (Å²) in [7, 11) is 1.99. The number of fused-ring (bicyclic) bond motifs is 3. The quantitative estimate of drug-likeness (QED) is 0.545. The molecule has 0 aromatic carbocycles. The summed E-state index contributed by atoms with van der Waals surface area (Å²) in [5.41, 5.74) is 0.519. The van der Waals surface area contributed by atoms with Gasteiger partial charge >= 0.3 is 0 Å². The van der Waals surface area contributed by atoms with Gasteiger partial charge < -0.3 is 14.8 Å². The molecular weight excluding hydrogens is 310 g/mol. The number of carbonyl (C=O) groups is 1. The van der Waals surface area contributed by atoms with Crippen molar-refractivity contribution in [2.75, 3.05) is 20.2 Å². The van der Waals surface area contributed by atoms with E-state index in [0.717, 1.165) is 61.9 Å². The first kappa shape index (κ1) is 19.4. The second-order valence-corrected chi connectivity index (χ2v) is 9.38. The Bertz CT molecular complexity index is 440. The Morgan fingerprint density at radius 3 is 2.80 bits per heavy atom. The molecule has 3 fully saturated rings. The molecule has 0 saturated heterocycles. The third-order valence-corrected chi connectivity index (χ3v) is 8.23. The van der Waals surface area contributed by atoms with Gasteiger partial charge in [0.05, 0.1) is 12.7 Å². The minimum Gasteiger partial charge on any atom is -0.377 e. The van der Waals surface area contributed by atoms with E-state index >= 15 is 0 Å². The smallest absolute Gasteiger partial charge is 0.120 e. The summed E-state index contributed by atoms with van der Waals surface area (Å²) in [6, 6.07) is 0. The number of nitrogens with one attached hydrogen (secondary N) is 1. The van der Waals surface area contributed by atoms with Crippen molar-refractivity contribution in [3.63, 3.8) is 0 Å². The number of carbonyl (C=O) groups excluding carboxylic acids is 1. The van der Waals surface area contributed by atoms with E-state index in [2.05, 4.69) is 19.2 Å². The Morgan fingerprint density at radius 2 is 2.04 bits per heavy atom. The van der Waals surface area contributed by atoms with Crippen LogP contribution in [-0.2, 0) is 9.53 Å². The van der Waals surface area contributed by atoms with Crippen LogP contribution in [-0.4, -0.2) is 32.6 Å². The molecule has 4 unspecified atom stereocenters. The van der Waals surface area contributed by atoms with Gasteiger partial charge in [0.15, 0.2) is 0 Å².